The first-order valence-electron chi connectivity index (χ1n) is 5.05. The quantitative estimate of drug-likeness (QED) is 0.833. The Kier molecular flexibility index (Phi) is 3.26. The van der Waals surface area contributed by atoms with Crippen LogP contribution in [0.1, 0.15) is 13.0 Å². The number of hydrogen-bond acceptors (Lipinski definition) is 4. The summed E-state index contributed by atoms with van der Waals surface area (Å²) in [6, 6.07) is 1.39. The van der Waals surface area contributed by atoms with Gasteiger partial charge in [0.05, 0.1) is 5.69 Å². The molecule has 94 valence electrons. The molecule has 0 aliphatic heterocycles. The summed E-state index contributed by atoms with van der Waals surface area (Å²) in [6.07, 6.45) is 2.65. The van der Waals surface area contributed by atoms with E-state index in [0.717, 1.165) is 12.1 Å². The van der Waals surface area contributed by atoms with Crippen LogP contribution in [0.3, 0.4) is 0 Å². The molecule has 1 unspecified atom stereocenters. The molecular weight excluding hydrogens is 244 g/mol. The van der Waals surface area contributed by atoms with E-state index in [0.29, 0.717) is 0 Å². The van der Waals surface area contributed by atoms with Gasteiger partial charge in [0, 0.05) is 0 Å². The van der Waals surface area contributed by atoms with Crippen LogP contribution in [0, 0.1) is 11.9 Å². The highest BCUT2D eigenvalue weighted by molar-refractivity contribution is 5.93. The summed E-state index contributed by atoms with van der Waals surface area (Å²) in [5, 5.41) is 6.08. The molecule has 0 saturated carbocycles. The number of nitrogens with zero attached hydrogens (tertiary/aromatic N) is 4. The van der Waals surface area contributed by atoms with Gasteiger partial charge in [0.15, 0.2) is 0 Å². The Bertz CT molecular complexity index is 557. The minimum atomic E-state index is -1.07. The Morgan fingerprint density at radius 3 is 2.83 bits per heavy atom. The van der Waals surface area contributed by atoms with E-state index in [9.17, 15) is 13.6 Å². The zero-order valence-electron chi connectivity index (χ0n) is 9.34. The van der Waals surface area contributed by atoms with Gasteiger partial charge in [-0.05, 0) is 19.1 Å². The predicted octanol–water partition coefficient (Wildman–Crippen LogP) is 1.15. The van der Waals surface area contributed by atoms with Crippen LogP contribution >= 0.6 is 0 Å². The molecule has 2 aromatic rings. The summed E-state index contributed by atoms with van der Waals surface area (Å²) in [5.74, 6) is -2.53. The first kappa shape index (κ1) is 12.1. The number of hydrogen-bond donors (Lipinski definition) is 1. The maximum Gasteiger partial charge on any atom is 0.249 e. The normalized spacial score (nSPS) is 12.2. The molecule has 0 bridgehead atoms. The Hall–Kier alpha value is -2.38. The van der Waals surface area contributed by atoms with Gasteiger partial charge in [-0.3, -0.25) is 4.79 Å². The molecule has 0 fully saturated rings. The lowest BCUT2D eigenvalue weighted by molar-refractivity contribution is -0.119. The number of halogens is 2. The Morgan fingerprint density at radius 2 is 2.22 bits per heavy atom. The van der Waals surface area contributed by atoms with Gasteiger partial charge in [-0.2, -0.15) is 18.9 Å². The fourth-order valence-corrected chi connectivity index (χ4v) is 1.28. The van der Waals surface area contributed by atoms with Crippen molar-refractivity contribution in [2.45, 2.75) is 13.0 Å². The molecule has 0 spiro atoms. The highest BCUT2D eigenvalue weighted by Crippen LogP contribution is 2.14. The first-order valence-corrected chi connectivity index (χ1v) is 5.05. The topological polar surface area (TPSA) is 72.7 Å². The smallest absolute Gasteiger partial charge is 0.249 e. The molecule has 1 amide bonds. The van der Waals surface area contributed by atoms with Crippen molar-refractivity contribution in [2.75, 3.05) is 5.32 Å². The third kappa shape index (κ3) is 2.47. The van der Waals surface area contributed by atoms with Crippen molar-refractivity contribution >= 4 is 11.6 Å². The lowest BCUT2D eigenvalue weighted by atomic mass is 10.3. The van der Waals surface area contributed by atoms with Crippen molar-refractivity contribution in [1.29, 1.82) is 0 Å². The van der Waals surface area contributed by atoms with Gasteiger partial charge >= 0.3 is 0 Å². The first-order chi connectivity index (χ1) is 8.58. The summed E-state index contributed by atoms with van der Waals surface area (Å²) in [6.45, 7) is 1.57. The number of carbonyl (C=O) groups is 1. The molecule has 0 aromatic carbocycles. The lowest BCUT2D eigenvalue weighted by Gasteiger charge is -2.12. The van der Waals surface area contributed by atoms with Crippen LogP contribution in [0.4, 0.5) is 14.5 Å². The minimum Gasteiger partial charge on any atom is -0.320 e. The van der Waals surface area contributed by atoms with E-state index >= 15 is 0 Å². The Balaban J connectivity index is 2.12. The van der Waals surface area contributed by atoms with Crippen molar-refractivity contribution in [2.24, 2.45) is 0 Å². The molecule has 8 heteroatoms. The van der Waals surface area contributed by atoms with Crippen LogP contribution in [-0.4, -0.2) is 25.7 Å². The molecule has 0 aliphatic carbocycles. The number of anilines is 1. The summed E-state index contributed by atoms with van der Waals surface area (Å²) in [7, 11) is 0. The van der Waals surface area contributed by atoms with Gasteiger partial charge < -0.3 is 5.32 Å². The maximum absolute atomic E-state index is 13.2. The molecule has 0 radical (unpaired) electrons. The number of rotatable bonds is 3. The SMILES string of the molecule is CC(C(=O)Nc1ccc(F)nc1F)n1cncn1. The van der Waals surface area contributed by atoms with E-state index in [4.69, 9.17) is 0 Å². The second kappa shape index (κ2) is 4.86. The molecule has 0 aliphatic rings. The third-order valence-electron chi connectivity index (χ3n) is 2.29. The Labute approximate surface area is 101 Å². The van der Waals surface area contributed by atoms with Gasteiger partial charge in [-0.1, -0.05) is 0 Å². The number of nitrogens with one attached hydrogen (secondary N) is 1. The Morgan fingerprint density at radius 1 is 1.44 bits per heavy atom. The molecule has 2 rings (SSSR count). The van der Waals surface area contributed by atoms with Crippen LogP contribution in [-0.2, 0) is 4.79 Å². The summed E-state index contributed by atoms with van der Waals surface area (Å²) in [4.78, 5) is 18.4. The van der Waals surface area contributed by atoms with Gasteiger partial charge in [-0.25, -0.2) is 9.67 Å². The van der Waals surface area contributed by atoms with Crippen LogP contribution in [0.5, 0.6) is 0 Å². The highest BCUT2D eigenvalue weighted by Gasteiger charge is 2.17. The second-order valence-electron chi connectivity index (χ2n) is 3.51. The highest BCUT2D eigenvalue weighted by atomic mass is 19.1. The van der Waals surface area contributed by atoms with Gasteiger partial charge in [0.2, 0.25) is 17.8 Å². The number of carbonyl (C=O) groups excluding carboxylic acids is 1. The molecule has 0 saturated heterocycles. The van der Waals surface area contributed by atoms with E-state index in [1.807, 2.05) is 0 Å². The van der Waals surface area contributed by atoms with Gasteiger partial charge in [-0.15, -0.1) is 0 Å². The van der Waals surface area contributed by atoms with E-state index in [-0.39, 0.29) is 5.69 Å². The minimum absolute atomic E-state index is 0.187. The average molecular weight is 253 g/mol. The average Bonchev–Trinajstić information content (AvgIpc) is 2.85. The van der Waals surface area contributed by atoms with Crippen LogP contribution in [0.2, 0.25) is 0 Å². The van der Waals surface area contributed by atoms with E-state index in [1.54, 1.807) is 6.92 Å². The molecule has 1 atom stereocenters. The zero-order chi connectivity index (χ0) is 13.1. The zero-order valence-corrected chi connectivity index (χ0v) is 9.34. The van der Waals surface area contributed by atoms with Crippen molar-refractivity contribution < 1.29 is 13.6 Å². The lowest BCUT2D eigenvalue weighted by Crippen LogP contribution is -2.24. The summed E-state index contributed by atoms with van der Waals surface area (Å²) < 4.78 is 27.1. The monoisotopic (exact) mass is 253 g/mol. The predicted molar refractivity (Wildman–Crippen MR) is 57.5 cm³/mol. The molecule has 2 aromatic heterocycles. The van der Waals surface area contributed by atoms with Crippen LogP contribution in [0.25, 0.3) is 0 Å². The van der Waals surface area contributed by atoms with Crippen LogP contribution < -0.4 is 5.32 Å². The number of aromatic nitrogens is 4. The molecule has 6 nitrogen and oxygen atoms in total. The molecule has 18 heavy (non-hydrogen) atoms. The van der Waals surface area contributed by atoms with Crippen molar-refractivity contribution in [3.05, 3.63) is 36.7 Å². The fraction of sp³-hybridized carbons (Fsp3) is 0.200. The number of amides is 1. The molecule has 1 N–H and O–H groups in total. The van der Waals surface area contributed by atoms with Gasteiger partial charge in [0.25, 0.3) is 0 Å². The summed E-state index contributed by atoms with van der Waals surface area (Å²) >= 11 is 0. The second-order valence-corrected chi connectivity index (χ2v) is 3.51. The fourth-order valence-electron chi connectivity index (χ4n) is 1.28. The van der Waals surface area contributed by atoms with Gasteiger partial charge in [0.1, 0.15) is 18.7 Å². The van der Waals surface area contributed by atoms with E-state index < -0.39 is 23.8 Å². The molecular formula is C10H9F2N5O. The van der Waals surface area contributed by atoms with Crippen molar-refractivity contribution in [3.63, 3.8) is 0 Å². The van der Waals surface area contributed by atoms with Crippen LogP contribution in [0.15, 0.2) is 24.8 Å². The van der Waals surface area contributed by atoms with Crippen molar-refractivity contribution in [1.82, 2.24) is 19.7 Å². The number of pyridine rings is 1. The molecule has 2 heterocycles. The summed E-state index contributed by atoms with van der Waals surface area (Å²) in [5.41, 5.74) is -0.187. The van der Waals surface area contributed by atoms with E-state index in [1.165, 1.54) is 17.3 Å². The largest absolute Gasteiger partial charge is 0.320 e. The standard InChI is InChI=1S/C10H9F2N5O/c1-6(17-5-13-4-14-17)10(18)15-7-2-3-8(11)16-9(7)12/h2-6H,1H3,(H,15,18). The van der Waals surface area contributed by atoms with Crippen molar-refractivity contribution in [3.8, 4) is 0 Å². The third-order valence-corrected chi connectivity index (χ3v) is 2.29. The van der Waals surface area contributed by atoms with E-state index in [2.05, 4.69) is 20.4 Å². The maximum atomic E-state index is 13.2.